The Morgan fingerprint density at radius 3 is 2.40 bits per heavy atom. The first-order valence-corrected chi connectivity index (χ1v) is 16.1. The number of nitrogens with one attached hydrogen (secondary N) is 1. The Kier molecular flexibility index (Phi) is 10.2. The van der Waals surface area contributed by atoms with Gasteiger partial charge >= 0.3 is 18.3 Å². The molecule has 2 unspecified atom stereocenters. The maximum absolute atomic E-state index is 13.4. The standard InChI is InChI=1S/C29H28ClF6NO4S2/c1-2-3-19-14-20-16-22(8-4-17(20)5-10-24(19)37-43(39,40)27-13-11-25(30)42-27)41-26(38)12-6-18-15-21(28(31,32)33)7-9-23(18)29(34,35)36/h4,7-9,11,13,15-16,19,24,37H,2-3,5-6,10,12,14H2,1H3. The van der Waals surface area contributed by atoms with Gasteiger partial charge in [-0.2, -0.15) is 26.3 Å². The van der Waals surface area contributed by atoms with Crippen molar-refractivity contribution in [1.82, 2.24) is 4.72 Å². The molecule has 1 heterocycles. The van der Waals surface area contributed by atoms with Crippen molar-refractivity contribution in [1.29, 1.82) is 0 Å². The van der Waals surface area contributed by atoms with E-state index in [2.05, 4.69) is 4.72 Å². The van der Waals surface area contributed by atoms with Crippen molar-refractivity contribution in [2.24, 2.45) is 5.92 Å². The summed E-state index contributed by atoms with van der Waals surface area (Å²) in [5, 5.41) is 0. The summed E-state index contributed by atoms with van der Waals surface area (Å²) in [6.07, 6.45) is -7.80. The number of rotatable bonds is 9. The lowest BCUT2D eigenvalue weighted by Gasteiger charge is -2.25. The van der Waals surface area contributed by atoms with E-state index in [4.69, 9.17) is 16.3 Å². The van der Waals surface area contributed by atoms with Crippen molar-refractivity contribution in [3.05, 3.63) is 80.7 Å². The second-order valence-corrected chi connectivity index (χ2v) is 14.0. The molecule has 2 atom stereocenters. The third kappa shape index (κ3) is 8.52. The molecule has 0 fully saturated rings. The van der Waals surface area contributed by atoms with Gasteiger partial charge in [0.15, 0.2) is 0 Å². The minimum atomic E-state index is -4.89. The van der Waals surface area contributed by atoms with Crippen LogP contribution in [0.15, 0.2) is 52.7 Å². The molecule has 0 radical (unpaired) electrons. The fourth-order valence-electron chi connectivity index (χ4n) is 5.27. The summed E-state index contributed by atoms with van der Waals surface area (Å²) in [6.45, 7) is 1.99. The molecule has 1 aromatic heterocycles. The number of aryl methyl sites for hydroxylation is 2. The third-order valence-corrected chi connectivity index (χ3v) is 10.5. The fraction of sp³-hybridized carbons (Fsp3) is 0.414. The highest BCUT2D eigenvalue weighted by Crippen LogP contribution is 2.37. The summed E-state index contributed by atoms with van der Waals surface area (Å²) >= 11 is 6.89. The number of fused-ring (bicyclic) bond motifs is 1. The average Bonchev–Trinajstić information content (AvgIpc) is 3.29. The molecule has 0 spiro atoms. The Labute approximate surface area is 254 Å². The predicted octanol–water partition coefficient (Wildman–Crippen LogP) is 8.23. The smallest absolute Gasteiger partial charge is 0.416 e. The van der Waals surface area contributed by atoms with Crippen LogP contribution in [-0.2, 0) is 46.4 Å². The molecule has 2 aromatic carbocycles. The first-order valence-electron chi connectivity index (χ1n) is 13.4. The zero-order valence-corrected chi connectivity index (χ0v) is 25.2. The summed E-state index contributed by atoms with van der Waals surface area (Å²) in [4.78, 5) is 12.6. The SMILES string of the molecule is CCCC1Cc2cc(OC(=O)CCc3cc(C(F)(F)F)ccc3C(F)(F)F)ccc2CCC1NS(=O)(=O)c1ccc(Cl)s1. The monoisotopic (exact) mass is 667 g/mol. The number of halogens is 7. The van der Waals surface area contributed by atoms with Gasteiger partial charge in [0.2, 0.25) is 10.0 Å². The normalized spacial score (nSPS) is 17.8. The van der Waals surface area contributed by atoms with E-state index in [1.807, 2.05) is 6.92 Å². The molecule has 0 bridgehead atoms. The number of hydrogen-bond donors (Lipinski definition) is 1. The second-order valence-electron chi connectivity index (χ2n) is 10.3. The number of carbonyl (C=O) groups excluding carboxylic acids is 1. The summed E-state index contributed by atoms with van der Waals surface area (Å²) < 4.78 is 114. The first-order chi connectivity index (χ1) is 20.1. The Morgan fingerprint density at radius 2 is 1.77 bits per heavy atom. The molecule has 0 saturated carbocycles. The van der Waals surface area contributed by atoms with E-state index in [0.29, 0.717) is 41.8 Å². The van der Waals surface area contributed by atoms with Crippen LogP contribution in [0.1, 0.15) is 60.4 Å². The summed E-state index contributed by atoms with van der Waals surface area (Å²) in [5.41, 5.74) is -1.34. The number of carbonyl (C=O) groups is 1. The van der Waals surface area contributed by atoms with Crippen LogP contribution in [0, 0.1) is 5.92 Å². The van der Waals surface area contributed by atoms with E-state index >= 15 is 0 Å². The summed E-state index contributed by atoms with van der Waals surface area (Å²) in [7, 11) is -3.79. The van der Waals surface area contributed by atoms with E-state index < -0.39 is 57.9 Å². The van der Waals surface area contributed by atoms with Crippen molar-refractivity contribution in [3.63, 3.8) is 0 Å². The summed E-state index contributed by atoms with van der Waals surface area (Å²) in [5.74, 6) is -0.820. The van der Waals surface area contributed by atoms with Crippen molar-refractivity contribution in [2.45, 2.75) is 74.5 Å². The van der Waals surface area contributed by atoms with Crippen molar-refractivity contribution >= 4 is 38.9 Å². The molecule has 14 heteroatoms. The van der Waals surface area contributed by atoms with Gasteiger partial charge in [0.05, 0.1) is 15.5 Å². The van der Waals surface area contributed by atoms with Crippen LogP contribution < -0.4 is 9.46 Å². The molecule has 3 aromatic rings. The Morgan fingerprint density at radius 1 is 1.02 bits per heavy atom. The van der Waals surface area contributed by atoms with E-state index in [-0.39, 0.29) is 21.9 Å². The van der Waals surface area contributed by atoms with Gasteiger partial charge in [0.25, 0.3) is 0 Å². The van der Waals surface area contributed by atoms with Crippen LogP contribution in [0.25, 0.3) is 0 Å². The van der Waals surface area contributed by atoms with Gasteiger partial charge in [-0.1, -0.05) is 31.0 Å². The van der Waals surface area contributed by atoms with Crippen LogP contribution in [-0.4, -0.2) is 20.4 Å². The fourth-order valence-corrected chi connectivity index (χ4v) is 8.11. The highest BCUT2D eigenvalue weighted by atomic mass is 35.5. The van der Waals surface area contributed by atoms with E-state index in [1.165, 1.54) is 18.2 Å². The summed E-state index contributed by atoms with van der Waals surface area (Å²) in [6, 6.07) is 8.69. The maximum atomic E-state index is 13.4. The molecule has 1 N–H and O–H groups in total. The minimum Gasteiger partial charge on any atom is -0.427 e. The Bertz CT molecular complexity index is 1570. The molecule has 0 saturated heterocycles. The number of esters is 1. The quantitative estimate of drug-likeness (QED) is 0.108. The van der Waals surface area contributed by atoms with Gasteiger partial charge in [-0.25, -0.2) is 13.1 Å². The minimum absolute atomic E-state index is 0.0656. The Balaban J connectivity index is 1.46. The molecule has 234 valence electrons. The first kappa shape index (κ1) is 33.3. The van der Waals surface area contributed by atoms with Crippen molar-refractivity contribution in [2.75, 3.05) is 0 Å². The van der Waals surface area contributed by atoms with Gasteiger partial charge in [-0.15, -0.1) is 11.3 Å². The topological polar surface area (TPSA) is 72.5 Å². The van der Waals surface area contributed by atoms with Gasteiger partial charge in [0.1, 0.15) is 9.96 Å². The van der Waals surface area contributed by atoms with Gasteiger partial charge in [-0.05, 0) is 97.2 Å². The number of benzene rings is 2. The van der Waals surface area contributed by atoms with Crippen molar-refractivity contribution < 1.29 is 44.3 Å². The van der Waals surface area contributed by atoms with E-state index in [9.17, 15) is 39.6 Å². The molecule has 0 aliphatic heterocycles. The average molecular weight is 668 g/mol. The molecule has 0 amide bonds. The zero-order valence-electron chi connectivity index (χ0n) is 22.8. The third-order valence-electron chi connectivity index (χ3n) is 7.30. The van der Waals surface area contributed by atoms with Gasteiger partial charge in [-0.3, -0.25) is 4.79 Å². The molecule has 43 heavy (non-hydrogen) atoms. The number of sulfonamides is 1. The molecule has 1 aliphatic carbocycles. The molecular formula is C29H28ClF6NO4S2. The number of thiophene rings is 1. The Hall–Kier alpha value is -2.61. The zero-order chi connectivity index (χ0) is 31.6. The number of ether oxygens (including phenoxy) is 1. The number of alkyl halides is 6. The highest BCUT2D eigenvalue weighted by molar-refractivity contribution is 7.91. The van der Waals surface area contributed by atoms with Crippen LogP contribution in [0.4, 0.5) is 26.3 Å². The second kappa shape index (κ2) is 13.2. The lowest BCUT2D eigenvalue weighted by molar-refractivity contribution is -0.142. The molecule has 4 rings (SSSR count). The predicted molar refractivity (Wildman–Crippen MR) is 151 cm³/mol. The largest absolute Gasteiger partial charge is 0.427 e. The van der Waals surface area contributed by atoms with Crippen LogP contribution >= 0.6 is 22.9 Å². The van der Waals surface area contributed by atoms with Crippen molar-refractivity contribution in [3.8, 4) is 5.75 Å². The number of hydrogen-bond acceptors (Lipinski definition) is 5. The lowest BCUT2D eigenvalue weighted by Crippen LogP contribution is -2.40. The van der Waals surface area contributed by atoms with Crippen LogP contribution in [0.2, 0.25) is 4.34 Å². The molecule has 1 aliphatic rings. The lowest BCUT2D eigenvalue weighted by atomic mass is 9.89. The molecular weight excluding hydrogens is 640 g/mol. The van der Waals surface area contributed by atoms with Crippen LogP contribution in [0.3, 0.4) is 0 Å². The highest BCUT2D eigenvalue weighted by Gasteiger charge is 2.37. The maximum Gasteiger partial charge on any atom is 0.416 e. The van der Waals surface area contributed by atoms with Gasteiger partial charge in [0, 0.05) is 12.5 Å². The van der Waals surface area contributed by atoms with E-state index in [0.717, 1.165) is 35.3 Å². The van der Waals surface area contributed by atoms with Crippen LogP contribution in [0.5, 0.6) is 5.75 Å². The van der Waals surface area contributed by atoms with Gasteiger partial charge < -0.3 is 4.74 Å². The molecule has 5 nitrogen and oxygen atoms in total. The van der Waals surface area contributed by atoms with E-state index in [1.54, 1.807) is 12.1 Å².